The van der Waals surface area contributed by atoms with Crippen molar-refractivity contribution in [2.75, 3.05) is 6.54 Å². The van der Waals surface area contributed by atoms with Crippen LogP contribution in [0.1, 0.15) is 24.2 Å². The van der Waals surface area contributed by atoms with Gasteiger partial charge >= 0.3 is 0 Å². The fraction of sp³-hybridized carbons (Fsp3) is 0.455. The highest BCUT2D eigenvalue weighted by atomic mass is 19.1. The molecule has 2 atom stereocenters. The normalized spacial score (nSPS) is 15.2. The van der Waals surface area contributed by atoms with Gasteiger partial charge in [-0.3, -0.25) is 0 Å². The summed E-state index contributed by atoms with van der Waals surface area (Å²) in [5.41, 5.74) is 6.24. The standard InChI is InChI=1S/C11H15F2N/c1-7-3-4-9(5-10(7)12)11(13)8(2)6-14/h3-5,8,11H,6,14H2,1-2H3. The van der Waals surface area contributed by atoms with Crippen molar-refractivity contribution in [1.29, 1.82) is 0 Å². The molecule has 1 aromatic rings. The van der Waals surface area contributed by atoms with Crippen molar-refractivity contribution in [1.82, 2.24) is 0 Å². The smallest absolute Gasteiger partial charge is 0.129 e. The lowest BCUT2D eigenvalue weighted by Gasteiger charge is -2.15. The van der Waals surface area contributed by atoms with Crippen molar-refractivity contribution in [2.45, 2.75) is 20.0 Å². The molecule has 0 aliphatic heterocycles. The minimum absolute atomic E-state index is 0.261. The molecule has 0 spiro atoms. The molecule has 0 bridgehead atoms. The van der Waals surface area contributed by atoms with Crippen LogP contribution in [0.2, 0.25) is 0 Å². The molecule has 14 heavy (non-hydrogen) atoms. The van der Waals surface area contributed by atoms with Crippen molar-refractivity contribution in [2.24, 2.45) is 11.7 Å². The van der Waals surface area contributed by atoms with E-state index >= 15 is 0 Å². The van der Waals surface area contributed by atoms with E-state index in [-0.39, 0.29) is 18.3 Å². The van der Waals surface area contributed by atoms with Gasteiger partial charge in [-0.15, -0.1) is 0 Å². The highest BCUT2D eigenvalue weighted by Crippen LogP contribution is 2.26. The minimum atomic E-state index is -1.19. The van der Waals surface area contributed by atoms with Crippen molar-refractivity contribution in [3.63, 3.8) is 0 Å². The van der Waals surface area contributed by atoms with E-state index in [1.54, 1.807) is 26.0 Å². The second-order valence-corrected chi connectivity index (χ2v) is 3.62. The van der Waals surface area contributed by atoms with E-state index in [1.165, 1.54) is 6.07 Å². The van der Waals surface area contributed by atoms with Gasteiger partial charge in [0.15, 0.2) is 0 Å². The first-order valence-electron chi connectivity index (χ1n) is 4.66. The molecule has 1 aromatic carbocycles. The summed E-state index contributed by atoms with van der Waals surface area (Å²) < 4.78 is 26.7. The molecule has 1 rings (SSSR count). The Balaban J connectivity index is 2.91. The third kappa shape index (κ3) is 2.29. The average molecular weight is 199 g/mol. The Bertz CT molecular complexity index is 312. The topological polar surface area (TPSA) is 26.0 Å². The molecule has 78 valence electrons. The number of rotatable bonds is 3. The van der Waals surface area contributed by atoms with Gasteiger partial charge in [-0.1, -0.05) is 19.1 Å². The molecule has 0 saturated carbocycles. The van der Waals surface area contributed by atoms with Gasteiger partial charge in [0, 0.05) is 5.92 Å². The largest absolute Gasteiger partial charge is 0.330 e. The monoisotopic (exact) mass is 199 g/mol. The molecule has 0 saturated heterocycles. The lowest BCUT2D eigenvalue weighted by atomic mass is 9.98. The maximum absolute atomic E-state index is 13.6. The van der Waals surface area contributed by atoms with E-state index in [0.29, 0.717) is 11.1 Å². The first-order valence-corrected chi connectivity index (χ1v) is 4.66. The van der Waals surface area contributed by atoms with Crippen molar-refractivity contribution in [3.8, 4) is 0 Å². The van der Waals surface area contributed by atoms with Crippen LogP contribution in [0.3, 0.4) is 0 Å². The number of benzene rings is 1. The number of hydrogen-bond acceptors (Lipinski definition) is 1. The van der Waals surface area contributed by atoms with Crippen LogP contribution in [-0.4, -0.2) is 6.54 Å². The molecule has 1 nitrogen and oxygen atoms in total. The predicted molar refractivity (Wildman–Crippen MR) is 53.2 cm³/mol. The first kappa shape index (κ1) is 11.1. The van der Waals surface area contributed by atoms with Gasteiger partial charge in [-0.2, -0.15) is 0 Å². The number of halogens is 2. The zero-order chi connectivity index (χ0) is 10.7. The Kier molecular flexibility index (Phi) is 3.58. The summed E-state index contributed by atoms with van der Waals surface area (Å²) in [4.78, 5) is 0. The second-order valence-electron chi connectivity index (χ2n) is 3.62. The van der Waals surface area contributed by atoms with E-state index in [9.17, 15) is 8.78 Å². The second kappa shape index (κ2) is 4.51. The van der Waals surface area contributed by atoms with E-state index in [0.717, 1.165) is 0 Å². The lowest BCUT2D eigenvalue weighted by Crippen LogP contribution is -2.16. The summed E-state index contributed by atoms with van der Waals surface area (Å²) >= 11 is 0. The number of alkyl halides is 1. The van der Waals surface area contributed by atoms with Crippen molar-refractivity contribution < 1.29 is 8.78 Å². The molecule has 0 amide bonds. The van der Waals surface area contributed by atoms with Crippen molar-refractivity contribution >= 4 is 0 Å². The zero-order valence-electron chi connectivity index (χ0n) is 8.43. The van der Waals surface area contributed by atoms with Crippen LogP contribution in [0.5, 0.6) is 0 Å². The van der Waals surface area contributed by atoms with E-state index < -0.39 is 6.17 Å². The predicted octanol–water partition coefficient (Wildman–Crippen LogP) is 2.74. The van der Waals surface area contributed by atoms with E-state index in [4.69, 9.17) is 5.73 Å². The Hall–Kier alpha value is -0.960. The van der Waals surface area contributed by atoms with E-state index in [2.05, 4.69) is 0 Å². The summed E-state index contributed by atoms with van der Waals surface area (Å²) in [6.45, 7) is 3.62. The molecular formula is C11H15F2N. The fourth-order valence-corrected chi connectivity index (χ4v) is 1.23. The van der Waals surface area contributed by atoms with Gasteiger partial charge in [0.1, 0.15) is 12.0 Å². The van der Waals surface area contributed by atoms with Gasteiger partial charge in [-0.05, 0) is 30.7 Å². The molecule has 0 aliphatic rings. The van der Waals surface area contributed by atoms with Crippen LogP contribution in [0.25, 0.3) is 0 Å². The SMILES string of the molecule is Cc1ccc(C(F)C(C)CN)cc1F. The van der Waals surface area contributed by atoms with Crippen molar-refractivity contribution in [3.05, 3.63) is 35.1 Å². The third-order valence-corrected chi connectivity index (χ3v) is 2.39. The summed E-state index contributed by atoms with van der Waals surface area (Å²) in [6.07, 6.45) is -1.19. The molecule has 0 aromatic heterocycles. The number of hydrogen-bond donors (Lipinski definition) is 1. The molecule has 2 N–H and O–H groups in total. The first-order chi connectivity index (χ1) is 6.56. The summed E-state index contributed by atoms with van der Waals surface area (Å²) in [5.74, 6) is -0.647. The lowest BCUT2D eigenvalue weighted by molar-refractivity contribution is 0.251. The van der Waals surface area contributed by atoms with Gasteiger partial charge in [0.2, 0.25) is 0 Å². The Labute approximate surface area is 82.9 Å². The average Bonchev–Trinajstić information content (AvgIpc) is 2.20. The Morgan fingerprint density at radius 2 is 2.07 bits per heavy atom. The van der Waals surface area contributed by atoms with Gasteiger partial charge in [0.05, 0.1) is 0 Å². The Morgan fingerprint density at radius 3 is 2.57 bits per heavy atom. The van der Waals surface area contributed by atoms with Gasteiger partial charge in [-0.25, -0.2) is 8.78 Å². The van der Waals surface area contributed by atoms with Crippen LogP contribution < -0.4 is 5.73 Å². The maximum Gasteiger partial charge on any atom is 0.129 e. The van der Waals surface area contributed by atoms with Crippen LogP contribution in [0.4, 0.5) is 8.78 Å². The van der Waals surface area contributed by atoms with Gasteiger partial charge in [0.25, 0.3) is 0 Å². The summed E-state index contributed by atoms with van der Waals surface area (Å²) in [5, 5.41) is 0. The molecule has 0 heterocycles. The molecule has 2 unspecified atom stereocenters. The fourth-order valence-electron chi connectivity index (χ4n) is 1.23. The van der Waals surface area contributed by atoms with Crippen LogP contribution in [0.15, 0.2) is 18.2 Å². The maximum atomic E-state index is 13.6. The highest BCUT2D eigenvalue weighted by Gasteiger charge is 2.17. The van der Waals surface area contributed by atoms with E-state index in [1.807, 2.05) is 0 Å². The summed E-state index contributed by atoms with van der Waals surface area (Å²) in [6, 6.07) is 4.43. The van der Waals surface area contributed by atoms with Gasteiger partial charge < -0.3 is 5.73 Å². The summed E-state index contributed by atoms with van der Waals surface area (Å²) in [7, 11) is 0. The molecule has 0 radical (unpaired) electrons. The molecule has 0 aliphatic carbocycles. The number of aryl methyl sites for hydroxylation is 1. The highest BCUT2D eigenvalue weighted by molar-refractivity contribution is 5.25. The molecule has 0 fully saturated rings. The third-order valence-electron chi connectivity index (χ3n) is 2.39. The van der Waals surface area contributed by atoms with Crippen LogP contribution >= 0.6 is 0 Å². The Morgan fingerprint density at radius 1 is 1.43 bits per heavy atom. The molecular weight excluding hydrogens is 184 g/mol. The number of nitrogens with two attached hydrogens (primary N) is 1. The molecule has 3 heteroatoms. The van der Waals surface area contributed by atoms with Crippen LogP contribution in [0, 0.1) is 18.7 Å². The zero-order valence-corrected chi connectivity index (χ0v) is 8.43. The quantitative estimate of drug-likeness (QED) is 0.795. The van der Waals surface area contributed by atoms with Crippen LogP contribution in [-0.2, 0) is 0 Å². The minimum Gasteiger partial charge on any atom is -0.330 e.